The molecule has 18 heavy (non-hydrogen) atoms. The molecule has 0 radical (unpaired) electrons. The van der Waals surface area contributed by atoms with E-state index in [4.69, 9.17) is 9.47 Å². The summed E-state index contributed by atoms with van der Waals surface area (Å²) in [5, 5.41) is 2.10. The second-order valence-electron chi connectivity index (χ2n) is 3.65. The number of carbonyl (C=O) groups excluding carboxylic acids is 1. The highest BCUT2D eigenvalue weighted by molar-refractivity contribution is 5.88. The highest BCUT2D eigenvalue weighted by atomic mass is 16.5. The Bertz CT molecular complexity index is 567. The first-order valence-electron chi connectivity index (χ1n) is 5.79. The molecule has 3 heteroatoms. The zero-order valence-electron chi connectivity index (χ0n) is 10.1. The maximum Gasteiger partial charge on any atom is 0.333 e. The molecule has 0 unspecified atom stereocenters. The monoisotopic (exact) mass is 242 g/mol. The number of esters is 1. The third-order valence-corrected chi connectivity index (χ3v) is 2.44. The second kappa shape index (κ2) is 5.87. The number of fused-ring (bicyclic) bond motifs is 1. The second-order valence-corrected chi connectivity index (χ2v) is 3.65. The molecule has 2 aromatic carbocycles. The lowest BCUT2D eigenvalue weighted by atomic mass is 10.1. The number of benzene rings is 2. The lowest BCUT2D eigenvalue weighted by Gasteiger charge is -2.04. The molecule has 0 saturated heterocycles. The highest BCUT2D eigenvalue weighted by Gasteiger charge is 2.00. The number of ether oxygens (including phenoxy) is 2. The van der Waals surface area contributed by atoms with Gasteiger partial charge in [-0.15, -0.1) is 0 Å². The van der Waals surface area contributed by atoms with E-state index in [2.05, 4.69) is 0 Å². The predicted molar refractivity (Wildman–Crippen MR) is 70.3 cm³/mol. The van der Waals surface area contributed by atoms with Crippen molar-refractivity contribution in [2.45, 2.75) is 6.92 Å². The van der Waals surface area contributed by atoms with Crippen molar-refractivity contribution < 1.29 is 14.3 Å². The van der Waals surface area contributed by atoms with E-state index in [0.717, 1.165) is 10.8 Å². The maximum atomic E-state index is 11.1. The van der Waals surface area contributed by atoms with Crippen molar-refractivity contribution in [3.05, 3.63) is 54.8 Å². The molecular weight excluding hydrogens is 228 g/mol. The van der Waals surface area contributed by atoms with Crippen molar-refractivity contribution in [1.29, 1.82) is 0 Å². The van der Waals surface area contributed by atoms with E-state index in [1.54, 1.807) is 6.92 Å². The van der Waals surface area contributed by atoms with Gasteiger partial charge in [0.15, 0.2) is 0 Å². The molecule has 0 fully saturated rings. The normalized spacial score (nSPS) is 10.7. The van der Waals surface area contributed by atoms with Crippen LogP contribution in [0.15, 0.2) is 54.8 Å². The van der Waals surface area contributed by atoms with Crippen molar-refractivity contribution >= 4 is 16.7 Å². The number of carbonyl (C=O) groups is 1. The van der Waals surface area contributed by atoms with E-state index in [1.165, 1.54) is 12.3 Å². The van der Waals surface area contributed by atoms with E-state index in [-0.39, 0.29) is 0 Å². The minimum atomic E-state index is -0.405. The molecule has 0 aromatic heterocycles. The van der Waals surface area contributed by atoms with Gasteiger partial charge in [-0.2, -0.15) is 0 Å². The summed E-state index contributed by atoms with van der Waals surface area (Å²) in [6.07, 6.45) is 2.62. The molecule has 0 atom stereocenters. The molecule has 0 N–H and O–H groups in total. The molecule has 2 aromatic rings. The molecule has 0 aliphatic heterocycles. The van der Waals surface area contributed by atoms with Gasteiger partial charge in [-0.25, -0.2) is 4.79 Å². The molecule has 3 nitrogen and oxygen atoms in total. The number of hydrogen-bond acceptors (Lipinski definition) is 3. The third kappa shape index (κ3) is 2.88. The van der Waals surface area contributed by atoms with Crippen LogP contribution >= 0.6 is 0 Å². The van der Waals surface area contributed by atoms with Gasteiger partial charge in [0.25, 0.3) is 0 Å². The summed E-state index contributed by atoms with van der Waals surface area (Å²) in [4.78, 5) is 11.1. The molecule has 0 aliphatic carbocycles. The molecule has 0 amide bonds. The Morgan fingerprint density at radius 2 is 1.94 bits per heavy atom. The Labute approximate surface area is 106 Å². The Kier molecular flexibility index (Phi) is 3.97. The van der Waals surface area contributed by atoms with Crippen LogP contribution in [-0.4, -0.2) is 12.6 Å². The van der Waals surface area contributed by atoms with E-state index in [9.17, 15) is 4.79 Å². The number of rotatable bonds is 4. The molecule has 0 aliphatic rings. The number of hydrogen-bond donors (Lipinski definition) is 0. The minimum Gasteiger partial charge on any atom is -0.464 e. The van der Waals surface area contributed by atoms with Crippen LogP contribution in [0, 0.1) is 0 Å². The van der Waals surface area contributed by atoms with Crippen molar-refractivity contribution in [2.75, 3.05) is 6.61 Å². The van der Waals surface area contributed by atoms with Crippen molar-refractivity contribution in [3.63, 3.8) is 0 Å². The molecule has 0 bridgehead atoms. The molecule has 2 rings (SSSR count). The SMILES string of the molecule is CCOC(=O)/C=C/Oc1cccc2ccccc12. The maximum absolute atomic E-state index is 11.1. The predicted octanol–water partition coefficient (Wildman–Crippen LogP) is 3.30. The average molecular weight is 242 g/mol. The van der Waals surface area contributed by atoms with Gasteiger partial charge < -0.3 is 9.47 Å². The quantitative estimate of drug-likeness (QED) is 0.469. The van der Waals surface area contributed by atoms with Crippen LogP contribution in [0.25, 0.3) is 10.8 Å². The van der Waals surface area contributed by atoms with Crippen molar-refractivity contribution in [3.8, 4) is 5.75 Å². The molecular formula is C15H14O3. The van der Waals surface area contributed by atoms with Crippen LogP contribution in [0.5, 0.6) is 5.75 Å². The lowest BCUT2D eigenvalue weighted by Crippen LogP contribution is -1.99. The lowest BCUT2D eigenvalue weighted by molar-refractivity contribution is -0.137. The fourth-order valence-corrected chi connectivity index (χ4v) is 1.65. The smallest absolute Gasteiger partial charge is 0.333 e. The fourth-order valence-electron chi connectivity index (χ4n) is 1.65. The first-order chi connectivity index (χ1) is 8.81. The Morgan fingerprint density at radius 1 is 1.17 bits per heavy atom. The van der Waals surface area contributed by atoms with Crippen LogP contribution in [0.3, 0.4) is 0 Å². The summed E-state index contributed by atoms with van der Waals surface area (Å²) in [7, 11) is 0. The van der Waals surface area contributed by atoms with Crippen LogP contribution in [-0.2, 0) is 9.53 Å². The zero-order valence-corrected chi connectivity index (χ0v) is 10.1. The fraction of sp³-hybridized carbons (Fsp3) is 0.133. The van der Waals surface area contributed by atoms with Gasteiger partial charge in [0.2, 0.25) is 0 Å². The van der Waals surface area contributed by atoms with Crippen LogP contribution in [0.4, 0.5) is 0 Å². The molecule has 0 saturated carbocycles. The molecule has 0 heterocycles. The van der Waals surface area contributed by atoms with E-state index >= 15 is 0 Å². The van der Waals surface area contributed by atoms with Gasteiger partial charge in [-0.1, -0.05) is 36.4 Å². The summed E-state index contributed by atoms with van der Waals surface area (Å²) in [5.74, 6) is 0.311. The minimum absolute atomic E-state index is 0.359. The summed E-state index contributed by atoms with van der Waals surface area (Å²) >= 11 is 0. The van der Waals surface area contributed by atoms with Gasteiger partial charge >= 0.3 is 5.97 Å². The Balaban J connectivity index is 2.15. The van der Waals surface area contributed by atoms with Crippen LogP contribution in [0.1, 0.15) is 6.92 Å². The van der Waals surface area contributed by atoms with Gasteiger partial charge in [0, 0.05) is 5.39 Å². The average Bonchev–Trinajstić information content (AvgIpc) is 2.39. The zero-order chi connectivity index (χ0) is 12.8. The summed E-state index contributed by atoms with van der Waals surface area (Å²) in [5.41, 5.74) is 0. The summed E-state index contributed by atoms with van der Waals surface area (Å²) in [6, 6.07) is 13.7. The molecule has 92 valence electrons. The van der Waals surface area contributed by atoms with Crippen LogP contribution < -0.4 is 4.74 Å². The third-order valence-electron chi connectivity index (χ3n) is 2.44. The molecule has 0 spiro atoms. The largest absolute Gasteiger partial charge is 0.464 e. The van der Waals surface area contributed by atoms with E-state index < -0.39 is 5.97 Å². The van der Waals surface area contributed by atoms with E-state index in [1.807, 2.05) is 42.5 Å². The van der Waals surface area contributed by atoms with Crippen LogP contribution in [0.2, 0.25) is 0 Å². The Hall–Kier alpha value is -2.29. The van der Waals surface area contributed by atoms with Crippen molar-refractivity contribution in [1.82, 2.24) is 0 Å². The van der Waals surface area contributed by atoms with Gasteiger partial charge in [-0.05, 0) is 18.4 Å². The first kappa shape index (κ1) is 12.2. The van der Waals surface area contributed by atoms with Gasteiger partial charge in [0.1, 0.15) is 5.75 Å². The van der Waals surface area contributed by atoms with Gasteiger partial charge in [-0.3, -0.25) is 0 Å². The van der Waals surface area contributed by atoms with Crippen molar-refractivity contribution in [2.24, 2.45) is 0 Å². The highest BCUT2D eigenvalue weighted by Crippen LogP contribution is 2.25. The topological polar surface area (TPSA) is 35.5 Å². The van der Waals surface area contributed by atoms with Gasteiger partial charge in [0.05, 0.1) is 18.9 Å². The van der Waals surface area contributed by atoms with E-state index in [0.29, 0.717) is 12.4 Å². The standard InChI is InChI=1S/C15H14O3/c1-2-17-15(16)10-11-18-14-9-5-7-12-6-3-4-8-13(12)14/h3-11H,2H2,1H3/b11-10+. The summed E-state index contributed by atoms with van der Waals surface area (Å²) in [6.45, 7) is 2.12. The summed E-state index contributed by atoms with van der Waals surface area (Å²) < 4.78 is 10.2. The Morgan fingerprint density at radius 3 is 2.78 bits per heavy atom. The first-order valence-corrected chi connectivity index (χ1v) is 5.79.